The zero-order valence-electron chi connectivity index (χ0n) is 9.04. The van der Waals surface area contributed by atoms with Crippen molar-refractivity contribution in [3.05, 3.63) is 48.0 Å². The summed E-state index contributed by atoms with van der Waals surface area (Å²) in [6, 6.07) is 15.1. The summed E-state index contributed by atoms with van der Waals surface area (Å²) in [5.74, 6) is 0. The van der Waals surface area contributed by atoms with E-state index in [1.54, 1.807) is 0 Å². The van der Waals surface area contributed by atoms with Crippen molar-refractivity contribution in [2.75, 3.05) is 0 Å². The van der Waals surface area contributed by atoms with E-state index >= 15 is 0 Å². The molecule has 2 rings (SSSR count). The highest BCUT2D eigenvalue weighted by Crippen LogP contribution is 2.33. The minimum atomic E-state index is 0.214. The Bertz CT molecular complexity index is 407. The van der Waals surface area contributed by atoms with Crippen molar-refractivity contribution < 1.29 is 0 Å². The Hall–Kier alpha value is -1.30. The van der Waals surface area contributed by atoms with Gasteiger partial charge in [0, 0.05) is 0 Å². The van der Waals surface area contributed by atoms with E-state index in [4.69, 9.17) is 0 Å². The van der Waals surface area contributed by atoms with Gasteiger partial charge in [-0.15, -0.1) is 0 Å². The van der Waals surface area contributed by atoms with Crippen molar-refractivity contribution in [3.8, 4) is 11.1 Å². The number of fused-ring (bicyclic) bond motifs is 1. The van der Waals surface area contributed by atoms with Crippen LogP contribution in [-0.4, -0.2) is 0 Å². The van der Waals surface area contributed by atoms with Gasteiger partial charge in [0.25, 0.3) is 0 Å². The molecule has 14 heavy (non-hydrogen) atoms. The predicted octanol–water partition coefficient (Wildman–Crippen LogP) is 4.09. The second-order valence-electron chi connectivity index (χ2n) is 4.78. The molecule has 0 heteroatoms. The average Bonchev–Trinajstić information content (AvgIpc) is 2.42. The third-order valence-electron chi connectivity index (χ3n) is 2.60. The Morgan fingerprint density at radius 2 is 1.43 bits per heavy atom. The third kappa shape index (κ3) is 1.52. The Morgan fingerprint density at radius 1 is 0.786 bits per heavy atom. The molecular weight excluding hydrogens is 168 g/mol. The first kappa shape index (κ1) is 9.26. The molecule has 72 valence electrons. The SMILES string of the molecule is CC(C)(C)c1ccccc2cccc1-2. The third-order valence-corrected chi connectivity index (χ3v) is 2.60. The van der Waals surface area contributed by atoms with Crippen molar-refractivity contribution >= 4 is 0 Å². The highest BCUT2D eigenvalue weighted by molar-refractivity contribution is 5.70. The van der Waals surface area contributed by atoms with Gasteiger partial charge >= 0.3 is 0 Å². The van der Waals surface area contributed by atoms with Crippen molar-refractivity contribution in [1.82, 2.24) is 0 Å². The summed E-state index contributed by atoms with van der Waals surface area (Å²) in [5, 5.41) is 0. The number of rotatable bonds is 0. The molecule has 0 nitrogen and oxygen atoms in total. The summed E-state index contributed by atoms with van der Waals surface area (Å²) in [5.41, 5.74) is 4.34. The van der Waals surface area contributed by atoms with Crippen LogP contribution >= 0.6 is 0 Å². The second kappa shape index (κ2) is 3.13. The maximum absolute atomic E-state index is 2.26. The van der Waals surface area contributed by atoms with Gasteiger partial charge < -0.3 is 0 Å². The molecule has 0 saturated heterocycles. The van der Waals surface area contributed by atoms with Gasteiger partial charge in [-0.1, -0.05) is 63.2 Å². The van der Waals surface area contributed by atoms with Gasteiger partial charge in [-0.05, 0) is 22.1 Å². The Labute approximate surface area is 85.9 Å². The van der Waals surface area contributed by atoms with E-state index < -0.39 is 0 Å². The largest absolute Gasteiger partial charge is 0.0619 e. The quantitative estimate of drug-likeness (QED) is 0.578. The van der Waals surface area contributed by atoms with Crippen LogP contribution in [0, 0.1) is 0 Å². The van der Waals surface area contributed by atoms with Gasteiger partial charge in [-0.2, -0.15) is 0 Å². The van der Waals surface area contributed by atoms with E-state index in [2.05, 4.69) is 63.2 Å². The Kier molecular flexibility index (Phi) is 2.07. The Morgan fingerprint density at radius 3 is 2.14 bits per heavy atom. The van der Waals surface area contributed by atoms with Gasteiger partial charge in [-0.3, -0.25) is 0 Å². The van der Waals surface area contributed by atoms with E-state index in [1.165, 1.54) is 16.7 Å². The minimum Gasteiger partial charge on any atom is -0.0619 e. The van der Waals surface area contributed by atoms with Crippen molar-refractivity contribution in [2.24, 2.45) is 0 Å². The molecular formula is C14H16. The summed E-state index contributed by atoms with van der Waals surface area (Å²) < 4.78 is 0. The monoisotopic (exact) mass is 184 g/mol. The molecule has 0 atom stereocenters. The lowest BCUT2D eigenvalue weighted by Gasteiger charge is -2.20. The van der Waals surface area contributed by atoms with Crippen LogP contribution in [0.3, 0.4) is 0 Å². The van der Waals surface area contributed by atoms with E-state index in [1.807, 2.05) is 0 Å². The van der Waals surface area contributed by atoms with Gasteiger partial charge in [0.2, 0.25) is 0 Å². The average molecular weight is 184 g/mol. The molecule has 0 aromatic rings. The smallest absolute Gasteiger partial charge is 0.0126 e. The fraction of sp³-hybridized carbons (Fsp3) is 0.286. The van der Waals surface area contributed by atoms with Crippen LogP contribution in [0.2, 0.25) is 0 Å². The van der Waals surface area contributed by atoms with Crippen molar-refractivity contribution in [2.45, 2.75) is 26.2 Å². The molecule has 2 aliphatic carbocycles. The normalized spacial score (nSPS) is 11.9. The van der Waals surface area contributed by atoms with Crippen molar-refractivity contribution in [1.29, 1.82) is 0 Å². The predicted molar refractivity (Wildman–Crippen MR) is 61.8 cm³/mol. The summed E-state index contributed by atoms with van der Waals surface area (Å²) in [6.45, 7) is 6.78. The molecule has 0 fully saturated rings. The molecule has 2 aliphatic rings. The summed E-state index contributed by atoms with van der Waals surface area (Å²) in [4.78, 5) is 0. The molecule has 0 saturated carbocycles. The summed E-state index contributed by atoms with van der Waals surface area (Å²) >= 11 is 0. The fourth-order valence-corrected chi connectivity index (χ4v) is 1.88. The van der Waals surface area contributed by atoms with E-state index in [-0.39, 0.29) is 5.41 Å². The van der Waals surface area contributed by atoms with Crippen LogP contribution in [0.5, 0.6) is 0 Å². The first-order valence-electron chi connectivity index (χ1n) is 5.07. The van der Waals surface area contributed by atoms with Crippen molar-refractivity contribution in [3.63, 3.8) is 0 Å². The Balaban J connectivity index is 2.70. The van der Waals surface area contributed by atoms with Gasteiger partial charge in [0.1, 0.15) is 0 Å². The lowest BCUT2D eigenvalue weighted by Crippen LogP contribution is -2.11. The van der Waals surface area contributed by atoms with Crippen LogP contribution in [0.15, 0.2) is 42.5 Å². The molecule has 0 spiro atoms. The standard InChI is InChI=1S/C14H16/c1-14(2,3)13-10-5-4-7-11-8-6-9-12(11)13/h4-10H,1-3H3. The molecule has 0 bridgehead atoms. The van der Waals surface area contributed by atoms with Crippen LogP contribution < -0.4 is 0 Å². The van der Waals surface area contributed by atoms with Crippen LogP contribution in [0.1, 0.15) is 26.3 Å². The van der Waals surface area contributed by atoms with E-state index in [9.17, 15) is 0 Å². The maximum atomic E-state index is 2.26. The van der Waals surface area contributed by atoms with Crippen LogP contribution in [0.25, 0.3) is 11.1 Å². The molecule has 0 aromatic carbocycles. The molecule has 0 unspecified atom stereocenters. The first-order valence-corrected chi connectivity index (χ1v) is 5.07. The van der Waals surface area contributed by atoms with E-state index in [0.29, 0.717) is 0 Å². The number of hydrogen-bond donors (Lipinski definition) is 0. The zero-order chi connectivity index (χ0) is 10.2. The summed E-state index contributed by atoms with van der Waals surface area (Å²) in [6.07, 6.45) is 0. The van der Waals surface area contributed by atoms with Gasteiger partial charge in [-0.25, -0.2) is 0 Å². The van der Waals surface area contributed by atoms with Crippen LogP contribution in [0.4, 0.5) is 0 Å². The molecule has 0 heterocycles. The van der Waals surface area contributed by atoms with Gasteiger partial charge in [0.15, 0.2) is 0 Å². The molecule has 0 aliphatic heterocycles. The molecule has 0 radical (unpaired) electrons. The maximum Gasteiger partial charge on any atom is -0.0126 e. The topological polar surface area (TPSA) is 0 Å². The minimum absolute atomic E-state index is 0.214. The fourth-order valence-electron chi connectivity index (χ4n) is 1.88. The summed E-state index contributed by atoms with van der Waals surface area (Å²) in [7, 11) is 0. The lowest BCUT2D eigenvalue weighted by atomic mass is 9.84. The molecule has 0 N–H and O–H groups in total. The van der Waals surface area contributed by atoms with Crippen LogP contribution in [-0.2, 0) is 5.41 Å². The highest BCUT2D eigenvalue weighted by atomic mass is 14.2. The molecule has 0 amide bonds. The zero-order valence-corrected chi connectivity index (χ0v) is 9.04. The highest BCUT2D eigenvalue weighted by Gasteiger charge is 2.18. The second-order valence-corrected chi connectivity index (χ2v) is 4.78. The lowest BCUT2D eigenvalue weighted by molar-refractivity contribution is 0.593. The molecule has 0 aromatic heterocycles. The van der Waals surface area contributed by atoms with Gasteiger partial charge in [0.05, 0.1) is 0 Å². The first-order chi connectivity index (χ1) is 6.59. The number of hydrogen-bond acceptors (Lipinski definition) is 0. The van der Waals surface area contributed by atoms with E-state index in [0.717, 1.165) is 0 Å².